The van der Waals surface area contributed by atoms with E-state index in [1.165, 1.54) is 33.4 Å². The Labute approximate surface area is 156 Å². The van der Waals surface area contributed by atoms with E-state index < -0.39 is 0 Å². The Hall–Kier alpha value is -2.22. The molecule has 0 N–H and O–H groups in total. The molecule has 2 aromatic rings. The summed E-state index contributed by atoms with van der Waals surface area (Å²) in [4.78, 5) is 23.2. The Morgan fingerprint density at radius 1 is 0.577 bits per heavy atom. The number of carbonyl (C=O) groups excluding carboxylic acids is 2. The van der Waals surface area contributed by atoms with Crippen LogP contribution in [0.2, 0.25) is 0 Å². The van der Waals surface area contributed by atoms with Crippen molar-refractivity contribution in [1.82, 2.24) is 0 Å². The van der Waals surface area contributed by atoms with Gasteiger partial charge in [0, 0.05) is 24.0 Å². The van der Waals surface area contributed by atoms with Crippen molar-refractivity contribution in [2.45, 2.75) is 66.2 Å². The van der Waals surface area contributed by atoms with Crippen LogP contribution in [0.4, 0.5) is 0 Å². The van der Waals surface area contributed by atoms with E-state index in [-0.39, 0.29) is 0 Å². The lowest BCUT2D eigenvalue weighted by Crippen LogP contribution is -2.12. The number of Topliss-reactive ketones (excluding diaryl/α,β-unsaturated/α-hetero) is 2. The summed E-state index contributed by atoms with van der Waals surface area (Å²) in [6, 6.07) is 8.39. The Morgan fingerprint density at radius 2 is 0.962 bits per heavy atom. The van der Waals surface area contributed by atoms with Crippen molar-refractivity contribution >= 4 is 11.6 Å². The van der Waals surface area contributed by atoms with Crippen LogP contribution in [-0.4, -0.2) is 11.6 Å². The van der Waals surface area contributed by atoms with Crippen LogP contribution in [0.15, 0.2) is 24.3 Å². The summed E-state index contributed by atoms with van der Waals surface area (Å²) in [6.45, 7) is 8.30. The molecule has 2 aromatic carbocycles. The van der Waals surface area contributed by atoms with Gasteiger partial charge in [0.05, 0.1) is 0 Å². The normalized spacial score (nSPS) is 15.7. The highest BCUT2D eigenvalue weighted by molar-refractivity contribution is 5.99. The molecule has 4 rings (SSSR count). The number of ketones is 2. The van der Waals surface area contributed by atoms with Gasteiger partial charge in [0.2, 0.25) is 0 Å². The third-order valence-electron chi connectivity index (χ3n) is 5.50. The van der Waals surface area contributed by atoms with Crippen molar-refractivity contribution in [2.75, 3.05) is 0 Å². The lowest BCUT2D eigenvalue weighted by atomic mass is 9.86. The number of carbonyl (C=O) groups is 2. The summed E-state index contributed by atoms with van der Waals surface area (Å²) in [5.41, 5.74) is 9.47. The maximum absolute atomic E-state index is 11.6. The average molecular weight is 348 g/mol. The Kier molecular flexibility index (Phi) is 5.41. The minimum Gasteiger partial charge on any atom is -0.294 e. The van der Waals surface area contributed by atoms with Gasteiger partial charge in [-0.05, 0) is 87.8 Å². The van der Waals surface area contributed by atoms with Gasteiger partial charge in [-0.25, -0.2) is 0 Å². The molecule has 0 heterocycles. The largest absolute Gasteiger partial charge is 0.294 e. The average Bonchev–Trinajstić information content (AvgIpc) is 2.57. The number of fused-ring (bicyclic) bond motifs is 2. The van der Waals surface area contributed by atoms with Crippen molar-refractivity contribution < 1.29 is 9.59 Å². The SMILES string of the molecule is Cc1cc(C)c2c(c1)C(=O)CCC2.Cc1cc(C)c2c(c1)C(=O)CCC2. The van der Waals surface area contributed by atoms with Crippen LogP contribution in [0.1, 0.15) is 79.8 Å². The fourth-order valence-corrected chi connectivity index (χ4v) is 4.28. The van der Waals surface area contributed by atoms with E-state index in [1.807, 2.05) is 12.1 Å². The van der Waals surface area contributed by atoms with Crippen LogP contribution in [0.3, 0.4) is 0 Å². The van der Waals surface area contributed by atoms with Gasteiger partial charge in [-0.1, -0.05) is 23.3 Å². The van der Waals surface area contributed by atoms with Gasteiger partial charge in [0.1, 0.15) is 0 Å². The molecule has 0 aromatic heterocycles. The second-order valence-corrected chi connectivity index (χ2v) is 7.77. The van der Waals surface area contributed by atoms with Gasteiger partial charge in [-0.2, -0.15) is 0 Å². The Morgan fingerprint density at radius 3 is 1.35 bits per heavy atom. The van der Waals surface area contributed by atoms with Crippen molar-refractivity contribution in [2.24, 2.45) is 0 Å². The zero-order chi connectivity index (χ0) is 18.8. The smallest absolute Gasteiger partial charge is 0.163 e. The topological polar surface area (TPSA) is 34.1 Å². The second-order valence-electron chi connectivity index (χ2n) is 7.77. The lowest BCUT2D eigenvalue weighted by molar-refractivity contribution is 0.0964. The molecular weight excluding hydrogens is 320 g/mol. The minimum atomic E-state index is 0.327. The monoisotopic (exact) mass is 348 g/mol. The molecule has 0 spiro atoms. The van der Waals surface area contributed by atoms with E-state index in [1.54, 1.807) is 0 Å². The van der Waals surface area contributed by atoms with Gasteiger partial charge < -0.3 is 0 Å². The zero-order valence-electron chi connectivity index (χ0n) is 16.4. The van der Waals surface area contributed by atoms with E-state index >= 15 is 0 Å². The number of rotatable bonds is 0. The number of benzene rings is 2. The first-order valence-corrected chi connectivity index (χ1v) is 9.63. The minimum absolute atomic E-state index is 0.327. The van der Waals surface area contributed by atoms with Gasteiger partial charge in [0.25, 0.3) is 0 Å². The van der Waals surface area contributed by atoms with Crippen LogP contribution in [0.5, 0.6) is 0 Å². The van der Waals surface area contributed by atoms with Crippen LogP contribution >= 0.6 is 0 Å². The first kappa shape index (κ1) is 18.6. The van der Waals surface area contributed by atoms with E-state index in [2.05, 4.69) is 39.8 Å². The summed E-state index contributed by atoms with van der Waals surface area (Å²) in [5, 5.41) is 0. The third kappa shape index (κ3) is 3.80. The van der Waals surface area contributed by atoms with Crippen LogP contribution < -0.4 is 0 Å². The number of hydrogen-bond donors (Lipinski definition) is 0. The van der Waals surface area contributed by atoms with E-state index in [4.69, 9.17) is 0 Å². The van der Waals surface area contributed by atoms with Gasteiger partial charge in [-0.3, -0.25) is 9.59 Å². The maximum Gasteiger partial charge on any atom is 0.163 e. The quantitative estimate of drug-likeness (QED) is 0.617. The molecule has 0 aliphatic heterocycles. The van der Waals surface area contributed by atoms with Crippen molar-refractivity contribution in [1.29, 1.82) is 0 Å². The van der Waals surface area contributed by atoms with E-state index in [0.717, 1.165) is 49.7 Å². The molecule has 2 aliphatic carbocycles. The lowest BCUT2D eigenvalue weighted by Gasteiger charge is -2.17. The van der Waals surface area contributed by atoms with Crippen molar-refractivity contribution in [3.05, 3.63) is 68.8 Å². The third-order valence-corrected chi connectivity index (χ3v) is 5.50. The highest BCUT2D eigenvalue weighted by Gasteiger charge is 2.19. The molecule has 0 saturated carbocycles. The van der Waals surface area contributed by atoms with Gasteiger partial charge >= 0.3 is 0 Å². The molecule has 0 unspecified atom stereocenters. The molecule has 2 heteroatoms. The maximum atomic E-state index is 11.6. The summed E-state index contributed by atoms with van der Waals surface area (Å²) < 4.78 is 0. The Bertz CT molecular complexity index is 801. The first-order chi connectivity index (χ1) is 12.4. The molecule has 0 bridgehead atoms. The fourth-order valence-electron chi connectivity index (χ4n) is 4.28. The molecule has 2 aliphatic rings. The molecular formula is C24H28O2. The van der Waals surface area contributed by atoms with Gasteiger partial charge in [-0.15, -0.1) is 0 Å². The van der Waals surface area contributed by atoms with E-state index in [0.29, 0.717) is 11.6 Å². The molecule has 0 amide bonds. The molecule has 136 valence electrons. The van der Waals surface area contributed by atoms with Gasteiger partial charge in [0.15, 0.2) is 11.6 Å². The summed E-state index contributed by atoms with van der Waals surface area (Å²) in [6.07, 6.45) is 5.66. The molecule has 0 atom stereocenters. The molecule has 0 saturated heterocycles. The van der Waals surface area contributed by atoms with Crippen LogP contribution in [0.25, 0.3) is 0 Å². The second kappa shape index (κ2) is 7.57. The standard InChI is InChI=1S/2C12H14O/c2*1-8-6-9(2)10-4-3-5-12(13)11(10)7-8/h2*6-7H,3-5H2,1-2H3. The van der Waals surface area contributed by atoms with Crippen LogP contribution in [-0.2, 0) is 12.8 Å². The summed E-state index contributed by atoms with van der Waals surface area (Å²) in [5.74, 6) is 0.654. The number of aryl methyl sites for hydroxylation is 4. The molecule has 0 fully saturated rings. The fraction of sp³-hybridized carbons (Fsp3) is 0.417. The van der Waals surface area contributed by atoms with E-state index in [9.17, 15) is 9.59 Å². The summed E-state index contributed by atoms with van der Waals surface area (Å²) >= 11 is 0. The first-order valence-electron chi connectivity index (χ1n) is 9.63. The van der Waals surface area contributed by atoms with Crippen LogP contribution in [0, 0.1) is 27.7 Å². The molecule has 26 heavy (non-hydrogen) atoms. The molecule has 2 nitrogen and oxygen atoms in total. The zero-order valence-corrected chi connectivity index (χ0v) is 16.4. The highest BCUT2D eigenvalue weighted by Crippen LogP contribution is 2.26. The Balaban J connectivity index is 0.000000151. The predicted octanol–water partition coefficient (Wildman–Crippen LogP) is 5.64. The van der Waals surface area contributed by atoms with Crippen molar-refractivity contribution in [3.8, 4) is 0 Å². The highest BCUT2D eigenvalue weighted by atomic mass is 16.1. The molecule has 0 radical (unpaired) electrons. The van der Waals surface area contributed by atoms with Crippen molar-refractivity contribution in [3.63, 3.8) is 0 Å². The summed E-state index contributed by atoms with van der Waals surface area (Å²) in [7, 11) is 0. The number of hydrogen-bond acceptors (Lipinski definition) is 2. The predicted molar refractivity (Wildman–Crippen MR) is 106 cm³/mol.